The van der Waals surface area contributed by atoms with E-state index in [0.717, 1.165) is 25.1 Å². The summed E-state index contributed by atoms with van der Waals surface area (Å²) in [7, 11) is -3.63. The van der Waals surface area contributed by atoms with E-state index in [1.165, 1.54) is 29.3 Å². The van der Waals surface area contributed by atoms with Gasteiger partial charge in [-0.3, -0.25) is 4.79 Å². The van der Waals surface area contributed by atoms with Crippen molar-refractivity contribution in [1.29, 1.82) is 0 Å². The molecule has 2 saturated heterocycles. The summed E-state index contributed by atoms with van der Waals surface area (Å²) in [4.78, 5) is 12.4. The standard InChI is InChI=1S/C19H25FN2O4S/c20-15-3-5-16(6-4-15)27(24,25)22-11-9-19(10-12-22)8-7-17(26-19)18(23)21-13-14-1-2-14/h3-6,14,17H,1-2,7-13H2,(H,21,23). The number of sulfonamides is 1. The third kappa shape index (κ3) is 4.02. The van der Waals surface area contributed by atoms with Gasteiger partial charge in [-0.15, -0.1) is 0 Å². The highest BCUT2D eigenvalue weighted by Crippen LogP contribution is 2.40. The third-order valence-corrected chi connectivity index (χ3v) is 7.81. The van der Waals surface area contributed by atoms with Crippen LogP contribution in [0, 0.1) is 11.7 Å². The van der Waals surface area contributed by atoms with Crippen molar-refractivity contribution in [1.82, 2.24) is 9.62 Å². The SMILES string of the molecule is O=C(NCC1CC1)C1CCC2(CCN(S(=O)(=O)c3ccc(F)cc3)CC2)O1. The Bertz CT molecular complexity index is 800. The Kier molecular flexibility index (Phi) is 4.98. The van der Waals surface area contributed by atoms with Gasteiger partial charge in [0.15, 0.2) is 0 Å². The van der Waals surface area contributed by atoms with Crippen LogP contribution in [0.25, 0.3) is 0 Å². The summed E-state index contributed by atoms with van der Waals surface area (Å²) >= 11 is 0. The molecule has 1 aromatic rings. The number of nitrogens with zero attached hydrogens (tertiary/aromatic N) is 1. The van der Waals surface area contributed by atoms with Crippen LogP contribution < -0.4 is 5.32 Å². The highest BCUT2D eigenvalue weighted by Gasteiger charge is 2.46. The fourth-order valence-electron chi connectivity index (χ4n) is 3.94. The van der Waals surface area contributed by atoms with Gasteiger partial charge in [0.2, 0.25) is 15.9 Å². The van der Waals surface area contributed by atoms with Crippen molar-refractivity contribution in [2.24, 2.45) is 5.92 Å². The first kappa shape index (κ1) is 18.8. The first-order chi connectivity index (χ1) is 12.9. The minimum Gasteiger partial charge on any atom is -0.362 e. The Morgan fingerprint density at radius 3 is 2.44 bits per heavy atom. The molecular weight excluding hydrogens is 371 g/mol. The summed E-state index contributed by atoms with van der Waals surface area (Å²) in [6.45, 7) is 1.42. The number of rotatable bonds is 5. The predicted molar refractivity (Wildman–Crippen MR) is 97.0 cm³/mol. The smallest absolute Gasteiger partial charge is 0.249 e. The van der Waals surface area contributed by atoms with Gasteiger partial charge in [-0.05, 0) is 68.7 Å². The minimum atomic E-state index is -3.63. The number of ether oxygens (including phenoxy) is 1. The highest BCUT2D eigenvalue weighted by molar-refractivity contribution is 7.89. The van der Waals surface area contributed by atoms with Crippen LogP contribution in [-0.4, -0.2) is 50.0 Å². The van der Waals surface area contributed by atoms with Gasteiger partial charge >= 0.3 is 0 Å². The lowest BCUT2D eigenvalue weighted by molar-refractivity contribution is -0.139. The van der Waals surface area contributed by atoms with Crippen LogP contribution in [0.1, 0.15) is 38.5 Å². The molecule has 27 heavy (non-hydrogen) atoms. The number of halogens is 1. The topological polar surface area (TPSA) is 75.7 Å². The summed E-state index contributed by atoms with van der Waals surface area (Å²) in [6.07, 6.45) is 4.55. The third-order valence-electron chi connectivity index (χ3n) is 5.89. The van der Waals surface area contributed by atoms with Gasteiger partial charge in [-0.2, -0.15) is 4.31 Å². The lowest BCUT2D eigenvalue weighted by Crippen LogP contribution is -2.47. The number of benzene rings is 1. The highest BCUT2D eigenvalue weighted by atomic mass is 32.2. The maximum Gasteiger partial charge on any atom is 0.249 e. The molecular formula is C19H25FN2O4S. The second-order valence-electron chi connectivity index (χ2n) is 7.87. The molecule has 4 rings (SSSR count). The molecule has 1 N–H and O–H groups in total. The van der Waals surface area contributed by atoms with Crippen molar-refractivity contribution in [2.75, 3.05) is 19.6 Å². The lowest BCUT2D eigenvalue weighted by atomic mass is 9.89. The van der Waals surface area contributed by atoms with Crippen molar-refractivity contribution in [3.05, 3.63) is 30.1 Å². The molecule has 3 aliphatic rings. The molecule has 1 amide bonds. The van der Waals surface area contributed by atoms with Crippen molar-refractivity contribution in [2.45, 2.75) is 55.1 Å². The maximum absolute atomic E-state index is 13.1. The fourth-order valence-corrected chi connectivity index (χ4v) is 5.38. The summed E-state index contributed by atoms with van der Waals surface area (Å²) in [5.41, 5.74) is -0.406. The second kappa shape index (κ2) is 7.14. The molecule has 1 unspecified atom stereocenters. The first-order valence-electron chi connectivity index (χ1n) is 9.59. The Balaban J connectivity index is 1.34. The van der Waals surface area contributed by atoms with E-state index in [-0.39, 0.29) is 10.8 Å². The quantitative estimate of drug-likeness (QED) is 0.827. The van der Waals surface area contributed by atoms with E-state index < -0.39 is 27.5 Å². The van der Waals surface area contributed by atoms with Gasteiger partial charge in [-0.1, -0.05) is 0 Å². The first-order valence-corrected chi connectivity index (χ1v) is 11.0. The molecule has 0 radical (unpaired) electrons. The van der Waals surface area contributed by atoms with Crippen molar-refractivity contribution in [3.8, 4) is 0 Å². The van der Waals surface area contributed by atoms with Crippen molar-refractivity contribution < 1.29 is 22.3 Å². The van der Waals surface area contributed by atoms with Crippen LogP contribution in [0.2, 0.25) is 0 Å². The summed E-state index contributed by atoms with van der Waals surface area (Å²) in [5, 5.41) is 2.97. The Labute approximate surface area is 159 Å². The van der Waals surface area contributed by atoms with Gasteiger partial charge in [0.25, 0.3) is 0 Å². The van der Waals surface area contributed by atoms with Gasteiger partial charge in [0, 0.05) is 19.6 Å². The number of amides is 1. The average molecular weight is 396 g/mol. The molecule has 2 heterocycles. The van der Waals surface area contributed by atoms with Gasteiger partial charge in [0.1, 0.15) is 11.9 Å². The molecule has 0 bridgehead atoms. The monoisotopic (exact) mass is 396 g/mol. The summed E-state index contributed by atoms with van der Waals surface area (Å²) in [6, 6.07) is 4.90. The molecule has 3 fully saturated rings. The number of carbonyl (C=O) groups is 1. The summed E-state index contributed by atoms with van der Waals surface area (Å²) in [5.74, 6) is 0.126. The molecule has 1 aliphatic carbocycles. The predicted octanol–water partition coefficient (Wildman–Crippen LogP) is 2.05. The molecule has 8 heteroatoms. The number of nitrogens with one attached hydrogen (secondary N) is 1. The van der Waals surface area contributed by atoms with Crippen molar-refractivity contribution in [3.63, 3.8) is 0 Å². The normalized spacial score (nSPS) is 25.6. The van der Waals surface area contributed by atoms with Crippen LogP contribution >= 0.6 is 0 Å². The minimum absolute atomic E-state index is 0.0415. The molecule has 148 valence electrons. The number of hydrogen-bond donors (Lipinski definition) is 1. The Morgan fingerprint density at radius 2 is 1.81 bits per heavy atom. The largest absolute Gasteiger partial charge is 0.362 e. The number of piperidine rings is 1. The van der Waals surface area contributed by atoms with Gasteiger partial charge < -0.3 is 10.1 Å². The Morgan fingerprint density at radius 1 is 1.15 bits per heavy atom. The zero-order valence-corrected chi connectivity index (χ0v) is 16.0. The maximum atomic E-state index is 13.1. The molecule has 0 aromatic heterocycles. The van der Waals surface area contributed by atoms with Crippen LogP contribution in [0.3, 0.4) is 0 Å². The van der Waals surface area contributed by atoms with E-state index in [0.29, 0.717) is 38.3 Å². The summed E-state index contributed by atoms with van der Waals surface area (Å²) < 4.78 is 46.0. The van der Waals surface area contributed by atoms with Crippen LogP contribution in [0.15, 0.2) is 29.2 Å². The zero-order chi connectivity index (χ0) is 19.1. The van der Waals surface area contributed by atoms with E-state index in [9.17, 15) is 17.6 Å². The zero-order valence-electron chi connectivity index (χ0n) is 15.2. The van der Waals surface area contributed by atoms with Gasteiger partial charge in [-0.25, -0.2) is 12.8 Å². The van der Waals surface area contributed by atoms with Gasteiger partial charge in [0.05, 0.1) is 10.5 Å². The molecule has 2 aliphatic heterocycles. The van der Waals surface area contributed by atoms with E-state index in [1.54, 1.807) is 0 Å². The number of hydrogen-bond acceptors (Lipinski definition) is 4. The van der Waals surface area contributed by atoms with E-state index in [4.69, 9.17) is 4.74 Å². The van der Waals surface area contributed by atoms with E-state index in [2.05, 4.69) is 5.32 Å². The molecule has 1 aromatic carbocycles. The second-order valence-corrected chi connectivity index (χ2v) is 9.81. The molecule has 6 nitrogen and oxygen atoms in total. The van der Waals surface area contributed by atoms with E-state index >= 15 is 0 Å². The fraction of sp³-hybridized carbons (Fsp3) is 0.632. The molecule has 1 atom stereocenters. The molecule has 1 spiro atoms. The van der Waals surface area contributed by atoms with E-state index in [1.807, 2.05) is 0 Å². The Hall–Kier alpha value is -1.51. The van der Waals surface area contributed by atoms with Crippen LogP contribution in [0.4, 0.5) is 4.39 Å². The molecule has 1 saturated carbocycles. The lowest BCUT2D eigenvalue weighted by Gasteiger charge is -2.38. The average Bonchev–Trinajstić information content (AvgIpc) is 3.41. The van der Waals surface area contributed by atoms with Crippen LogP contribution in [-0.2, 0) is 19.6 Å². The van der Waals surface area contributed by atoms with Crippen LogP contribution in [0.5, 0.6) is 0 Å². The number of carbonyl (C=O) groups excluding carboxylic acids is 1. The van der Waals surface area contributed by atoms with Crippen molar-refractivity contribution >= 4 is 15.9 Å².